The van der Waals surface area contributed by atoms with E-state index in [0.717, 1.165) is 24.2 Å². The molecular formula is C29H25O2S+. The number of rotatable bonds is 4. The zero-order chi connectivity index (χ0) is 22.1. The van der Waals surface area contributed by atoms with Crippen molar-refractivity contribution in [2.45, 2.75) is 31.8 Å². The summed E-state index contributed by atoms with van der Waals surface area (Å²) in [5, 5.41) is 2.54. The minimum atomic E-state index is -0.910. The highest BCUT2D eigenvalue weighted by molar-refractivity contribution is 7.50. The number of carbonyl (C=O) groups excluding carboxylic acids is 1. The maximum Gasteiger partial charge on any atom is 0.339 e. The fourth-order valence-electron chi connectivity index (χ4n) is 4.63. The van der Waals surface area contributed by atoms with Crippen LogP contribution in [0.5, 0.6) is 0 Å². The number of ether oxygens (including phenoxy) is 1. The Morgan fingerprint density at radius 2 is 1.69 bits per heavy atom. The van der Waals surface area contributed by atoms with E-state index in [1.54, 1.807) is 0 Å². The summed E-state index contributed by atoms with van der Waals surface area (Å²) in [6.45, 7) is 1.86. The molecule has 4 aromatic rings. The predicted octanol–water partition coefficient (Wildman–Crippen LogP) is 7.64. The fraction of sp³-hybridized carbons (Fsp3) is 0.207. The van der Waals surface area contributed by atoms with Crippen molar-refractivity contribution in [3.63, 3.8) is 0 Å². The van der Waals surface area contributed by atoms with E-state index < -0.39 is 5.60 Å². The third-order valence-electron chi connectivity index (χ3n) is 6.45. The molecule has 0 aliphatic heterocycles. The normalized spacial score (nSPS) is 17.7. The third-order valence-corrected chi connectivity index (χ3v) is 8.77. The van der Waals surface area contributed by atoms with E-state index in [4.69, 9.17) is 11.2 Å². The number of fused-ring (bicyclic) bond motifs is 3. The number of benzene rings is 3. The van der Waals surface area contributed by atoms with Crippen LogP contribution < -0.4 is 0 Å². The Hall–Kier alpha value is -3.35. The molecule has 1 aromatic heterocycles. The van der Waals surface area contributed by atoms with E-state index >= 15 is 0 Å². The van der Waals surface area contributed by atoms with Gasteiger partial charge < -0.3 is 4.74 Å². The molecule has 1 aliphatic carbocycles. The summed E-state index contributed by atoms with van der Waals surface area (Å²) in [6, 6.07) is 24.9. The third kappa shape index (κ3) is 3.51. The summed E-state index contributed by atoms with van der Waals surface area (Å²) in [4.78, 5) is 14.3. The zero-order valence-electron chi connectivity index (χ0n) is 18.1. The van der Waals surface area contributed by atoms with Crippen LogP contribution in [0.4, 0.5) is 0 Å². The lowest BCUT2D eigenvalue weighted by atomic mass is 9.81. The van der Waals surface area contributed by atoms with Gasteiger partial charge >= 0.3 is 5.97 Å². The molecule has 158 valence electrons. The van der Waals surface area contributed by atoms with Crippen LogP contribution in [0.1, 0.15) is 36.5 Å². The molecular weight excluding hydrogens is 412 g/mol. The van der Waals surface area contributed by atoms with Gasteiger partial charge in [0.15, 0.2) is 19.9 Å². The van der Waals surface area contributed by atoms with E-state index in [1.807, 2.05) is 25.1 Å². The van der Waals surface area contributed by atoms with Gasteiger partial charge in [-0.25, -0.2) is 4.79 Å². The summed E-state index contributed by atoms with van der Waals surface area (Å²) < 4.78 is 8.55. The molecule has 2 unspecified atom stereocenters. The van der Waals surface area contributed by atoms with Crippen molar-refractivity contribution in [3.8, 4) is 17.2 Å². The molecule has 0 saturated heterocycles. The van der Waals surface area contributed by atoms with Crippen molar-refractivity contribution in [2.75, 3.05) is 0 Å². The van der Waals surface area contributed by atoms with Crippen LogP contribution in [0.15, 0.2) is 84.9 Å². The first-order chi connectivity index (χ1) is 15.6. The number of carbonyl (C=O) groups is 1. The van der Waals surface area contributed by atoms with Gasteiger partial charge in [-0.15, -0.1) is 6.42 Å². The van der Waals surface area contributed by atoms with Gasteiger partial charge in [0, 0.05) is 33.2 Å². The lowest BCUT2D eigenvalue weighted by molar-refractivity contribution is -0.0109. The number of terminal acetylenes is 1. The Bertz CT molecular complexity index is 1330. The smallest absolute Gasteiger partial charge is 0.339 e. The molecule has 2 nitrogen and oxygen atoms in total. The minimum Gasteiger partial charge on any atom is -0.442 e. The van der Waals surface area contributed by atoms with Crippen LogP contribution in [0, 0.1) is 18.3 Å². The van der Waals surface area contributed by atoms with Crippen LogP contribution in [0.25, 0.3) is 25.1 Å². The summed E-state index contributed by atoms with van der Waals surface area (Å²) >= 11 is 0. The first kappa shape index (κ1) is 20.5. The SMILES string of the molecule is C#CC(C)(OC(=O)c1cccc(-[s+]2c3ccccc3c3ccccc32)c1)C1CC=CCC1. The molecule has 3 aromatic carbocycles. The van der Waals surface area contributed by atoms with Gasteiger partial charge in [-0.2, -0.15) is 0 Å². The molecule has 0 saturated carbocycles. The Balaban J connectivity index is 1.54. The predicted molar refractivity (Wildman–Crippen MR) is 134 cm³/mol. The van der Waals surface area contributed by atoms with E-state index in [1.165, 1.54) is 20.2 Å². The van der Waals surface area contributed by atoms with Crippen molar-refractivity contribution < 1.29 is 9.53 Å². The second-order valence-corrected chi connectivity index (χ2v) is 10.4. The average molecular weight is 438 g/mol. The first-order valence-electron chi connectivity index (χ1n) is 11.0. The van der Waals surface area contributed by atoms with Crippen LogP contribution in [-0.4, -0.2) is 11.6 Å². The minimum absolute atomic E-state index is 0.139. The molecule has 1 heterocycles. The second-order valence-electron chi connectivity index (χ2n) is 8.45. The van der Waals surface area contributed by atoms with E-state index in [2.05, 4.69) is 72.7 Å². The molecule has 32 heavy (non-hydrogen) atoms. The Morgan fingerprint density at radius 1 is 1.00 bits per heavy atom. The zero-order valence-corrected chi connectivity index (χ0v) is 18.9. The van der Waals surface area contributed by atoms with E-state index in [0.29, 0.717) is 5.56 Å². The molecule has 3 heteroatoms. The lowest BCUT2D eigenvalue weighted by Crippen LogP contribution is -2.39. The number of allylic oxidation sites excluding steroid dienone is 2. The van der Waals surface area contributed by atoms with Crippen molar-refractivity contribution >= 4 is 36.6 Å². The quantitative estimate of drug-likeness (QED) is 0.142. The lowest BCUT2D eigenvalue weighted by Gasteiger charge is -2.33. The topological polar surface area (TPSA) is 26.3 Å². The van der Waals surface area contributed by atoms with E-state index in [9.17, 15) is 4.79 Å². The number of esters is 1. The van der Waals surface area contributed by atoms with Crippen molar-refractivity contribution in [3.05, 3.63) is 90.5 Å². The molecule has 1 aliphatic rings. The average Bonchev–Trinajstić information content (AvgIpc) is 3.19. The summed E-state index contributed by atoms with van der Waals surface area (Å²) in [7, 11) is -0.254. The Kier molecular flexibility index (Phi) is 5.33. The summed E-state index contributed by atoms with van der Waals surface area (Å²) in [5.41, 5.74) is -0.364. The van der Waals surface area contributed by atoms with Crippen LogP contribution in [0.3, 0.4) is 0 Å². The molecule has 5 rings (SSSR count). The number of hydrogen-bond acceptors (Lipinski definition) is 2. The van der Waals surface area contributed by atoms with Crippen molar-refractivity contribution in [2.24, 2.45) is 5.92 Å². The highest BCUT2D eigenvalue weighted by atomic mass is 32.2. The Labute approximate surface area is 191 Å². The summed E-state index contributed by atoms with van der Waals surface area (Å²) in [6.07, 6.45) is 12.9. The fourth-order valence-corrected chi connectivity index (χ4v) is 7.06. The van der Waals surface area contributed by atoms with Gasteiger partial charge in [0.25, 0.3) is 0 Å². The molecule has 0 fully saturated rings. The van der Waals surface area contributed by atoms with Gasteiger partial charge in [-0.3, -0.25) is 0 Å². The van der Waals surface area contributed by atoms with Gasteiger partial charge in [0.2, 0.25) is 0 Å². The maximum atomic E-state index is 13.2. The van der Waals surface area contributed by atoms with Crippen molar-refractivity contribution in [1.82, 2.24) is 0 Å². The van der Waals surface area contributed by atoms with Crippen LogP contribution >= 0.6 is 10.5 Å². The Morgan fingerprint density at radius 3 is 2.31 bits per heavy atom. The maximum absolute atomic E-state index is 13.2. The molecule has 0 radical (unpaired) electrons. The number of thiophene rings is 1. The molecule has 0 spiro atoms. The van der Waals surface area contributed by atoms with Gasteiger partial charge in [0.1, 0.15) is 0 Å². The van der Waals surface area contributed by atoms with Crippen LogP contribution in [0.2, 0.25) is 0 Å². The molecule has 0 bridgehead atoms. The van der Waals surface area contributed by atoms with Crippen LogP contribution in [-0.2, 0) is 4.74 Å². The van der Waals surface area contributed by atoms with Gasteiger partial charge in [-0.05, 0) is 62.6 Å². The highest BCUT2D eigenvalue weighted by Gasteiger charge is 2.36. The highest BCUT2D eigenvalue weighted by Crippen LogP contribution is 2.48. The first-order valence-corrected chi connectivity index (χ1v) is 12.2. The standard InChI is InChI=1S/C29H25O2S/c1-3-29(2,22-13-5-4-6-14-22)31-28(30)21-12-11-15-23(20-21)32-26-18-9-7-16-24(26)25-17-8-10-19-27(25)32/h1,4-5,7-12,15-20,22H,6,13-14H2,2H3/q+1. The van der Waals surface area contributed by atoms with Gasteiger partial charge in [0.05, 0.1) is 5.56 Å². The van der Waals surface area contributed by atoms with E-state index in [-0.39, 0.29) is 22.4 Å². The molecule has 0 N–H and O–H groups in total. The van der Waals surface area contributed by atoms with Gasteiger partial charge in [-0.1, -0.05) is 48.4 Å². The van der Waals surface area contributed by atoms with Crippen molar-refractivity contribution in [1.29, 1.82) is 0 Å². The molecule has 2 atom stereocenters. The number of hydrogen-bond donors (Lipinski definition) is 0. The summed E-state index contributed by atoms with van der Waals surface area (Å²) in [5.74, 6) is 2.55. The monoisotopic (exact) mass is 437 g/mol. The largest absolute Gasteiger partial charge is 0.442 e. The second kappa shape index (κ2) is 8.30. The molecule has 0 amide bonds.